The van der Waals surface area contributed by atoms with Crippen LogP contribution in [0, 0.1) is 6.92 Å². The Labute approximate surface area is 111 Å². The predicted molar refractivity (Wildman–Crippen MR) is 75.8 cm³/mol. The highest BCUT2D eigenvalue weighted by Gasteiger charge is 2.01. The number of nitrogens with zero attached hydrogens (tertiary/aromatic N) is 1. The molecule has 4 heteroatoms. The molecule has 0 bridgehead atoms. The molecule has 19 heavy (non-hydrogen) atoms. The molecule has 0 aromatic heterocycles. The Morgan fingerprint density at radius 3 is 2.63 bits per heavy atom. The number of hydrogen-bond acceptors (Lipinski definition) is 3. The van der Waals surface area contributed by atoms with E-state index in [1.54, 1.807) is 18.3 Å². The summed E-state index contributed by atoms with van der Waals surface area (Å²) in [5.74, 6) is -0.953. The van der Waals surface area contributed by atoms with Crippen molar-refractivity contribution in [3.63, 3.8) is 0 Å². The predicted octanol–water partition coefficient (Wildman–Crippen LogP) is 3.14. The SMILES string of the molecule is Cc1ccc(/C=N\Nc2cccc(C(=O)O)c2)cc1. The maximum absolute atomic E-state index is 10.8. The van der Waals surface area contributed by atoms with Gasteiger partial charge >= 0.3 is 5.97 Å². The maximum Gasteiger partial charge on any atom is 0.335 e. The number of carbonyl (C=O) groups is 1. The molecule has 0 unspecified atom stereocenters. The number of carboxylic acids is 1. The molecule has 2 aromatic carbocycles. The van der Waals surface area contributed by atoms with Crippen LogP contribution >= 0.6 is 0 Å². The van der Waals surface area contributed by atoms with Crippen LogP contribution in [-0.4, -0.2) is 17.3 Å². The Kier molecular flexibility index (Phi) is 3.93. The molecule has 96 valence electrons. The van der Waals surface area contributed by atoms with Crippen molar-refractivity contribution in [3.8, 4) is 0 Å². The highest BCUT2D eigenvalue weighted by Crippen LogP contribution is 2.10. The third kappa shape index (κ3) is 3.67. The normalized spacial score (nSPS) is 10.6. The molecule has 0 atom stereocenters. The zero-order valence-electron chi connectivity index (χ0n) is 10.5. The lowest BCUT2D eigenvalue weighted by molar-refractivity contribution is 0.0697. The third-order valence-electron chi connectivity index (χ3n) is 2.59. The summed E-state index contributed by atoms with van der Waals surface area (Å²) in [5, 5.41) is 12.9. The number of rotatable bonds is 4. The van der Waals surface area contributed by atoms with Crippen LogP contribution < -0.4 is 5.43 Å². The smallest absolute Gasteiger partial charge is 0.335 e. The molecule has 2 N–H and O–H groups in total. The van der Waals surface area contributed by atoms with E-state index in [0.717, 1.165) is 5.56 Å². The van der Waals surface area contributed by atoms with Crippen molar-refractivity contribution in [2.45, 2.75) is 6.92 Å². The van der Waals surface area contributed by atoms with E-state index in [4.69, 9.17) is 5.11 Å². The Balaban J connectivity index is 2.04. The van der Waals surface area contributed by atoms with Gasteiger partial charge in [0.2, 0.25) is 0 Å². The van der Waals surface area contributed by atoms with Crippen molar-refractivity contribution in [3.05, 3.63) is 65.2 Å². The lowest BCUT2D eigenvalue weighted by Gasteiger charge is -2.01. The number of nitrogens with one attached hydrogen (secondary N) is 1. The number of hydrazone groups is 1. The van der Waals surface area contributed by atoms with E-state index in [1.165, 1.54) is 17.7 Å². The highest BCUT2D eigenvalue weighted by molar-refractivity contribution is 5.88. The standard InChI is InChI=1S/C15H14N2O2/c1-11-5-7-12(8-6-11)10-16-17-14-4-2-3-13(9-14)15(18)19/h2-10,17H,1H3,(H,18,19)/b16-10-. The first-order valence-electron chi connectivity index (χ1n) is 5.84. The second kappa shape index (κ2) is 5.82. The van der Waals surface area contributed by atoms with Gasteiger partial charge in [-0.05, 0) is 30.7 Å². The Hall–Kier alpha value is -2.62. The van der Waals surface area contributed by atoms with E-state index in [0.29, 0.717) is 5.69 Å². The fourth-order valence-corrected chi connectivity index (χ4v) is 1.56. The van der Waals surface area contributed by atoms with Gasteiger partial charge < -0.3 is 5.11 Å². The van der Waals surface area contributed by atoms with Crippen LogP contribution in [-0.2, 0) is 0 Å². The molecule has 4 nitrogen and oxygen atoms in total. The zero-order valence-corrected chi connectivity index (χ0v) is 10.5. The zero-order chi connectivity index (χ0) is 13.7. The molecule has 0 saturated carbocycles. The van der Waals surface area contributed by atoms with Crippen molar-refractivity contribution in [2.75, 3.05) is 5.43 Å². The minimum absolute atomic E-state index is 0.232. The Morgan fingerprint density at radius 2 is 1.95 bits per heavy atom. The fraction of sp³-hybridized carbons (Fsp3) is 0.0667. The molecule has 0 heterocycles. The van der Waals surface area contributed by atoms with E-state index < -0.39 is 5.97 Å². The van der Waals surface area contributed by atoms with E-state index in [9.17, 15) is 4.79 Å². The van der Waals surface area contributed by atoms with E-state index in [2.05, 4.69) is 10.5 Å². The number of hydrogen-bond donors (Lipinski definition) is 2. The first kappa shape index (κ1) is 12.8. The van der Waals surface area contributed by atoms with Gasteiger partial charge in [0, 0.05) is 0 Å². The van der Waals surface area contributed by atoms with Crippen molar-refractivity contribution in [2.24, 2.45) is 5.10 Å². The van der Waals surface area contributed by atoms with Gasteiger partial charge in [-0.1, -0.05) is 35.9 Å². The molecule has 2 aromatic rings. The van der Waals surface area contributed by atoms with Gasteiger partial charge in [-0.25, -0.2) is 4.79 Å². The summed E-state index contributed by atoms with van der Waals surface area (Å²) in [5.41, 5.74) is 5.86. The maximum atomic E-state index is 10.8. The second-order valence-corrected chi connectivity index (χ2v) is 4.17. The monoisotopic (exact) mass is 254 g/mol. The van der Waals surface area contributed by atoms with E-state index in [1.807, 2.05) is 31.2 Å². The number of anilines is 1. The minimum Gasteiger partial charge on any atom is -0.478 e. The van der Waals surface area contributed by atoms with Crippen LogP contribution in [0.15, 0.2) is 53.6 Å². The van der Waals surface area contributed by atoms with Crippen molar-refractivity contribution >= 4 is 17.9 Å². The third-order valence-corrected chi connectivity index (χ3v) is 2.59. The van der Waals surface area contributed by atoms with Crippen molar-refractivity contribution in [1.82, 2.24) is 0 Å². The fourth-order valence-electron chi connectivity index (χ4n) is 1.56. The summed E-state index contributed by atoms with van der Waals surface area (Å²) in [6, 6.07) is 14.5. The molecule has 0 aliphatic heterocycles. The molecule has 0 spiro atoms. The van der Waals surface area contributed by atoms with Gasteiger partial charge in [0.15, 0.2) is 0 Å². The van der Waals surface area contributed by atoms with Gasteiger partial charge in [0.05, 0.1) is 17.5 Å². The molecular weight excluding hydrogens is 240 g/mol. The summed E-state index contributed by atoms with van der Waals surface area (Å²) in [6.45, 7) is 2.02. The number of aromatic carboxylic acids is 1. The van der Waals surface area contributed by atoms with Crippen LogP contribution in [0.1, 0.15) is 21.5 Å². The van der Waals surface area contributed by atoms with Crippen LogP contribution in [0.3, 0.4) is 0 Å². The van der Waals surface area contributed by atoms with Crippen LogP contribution in [0.5, 0.6) is 0 Å². The summed E-state index contributed by atoms with van der Waals surface area (Å²) >= 11 is 0. The molecule has 0 saturated heterocycles. The lowest BCUT2D eigenvalue weighted by atomic mass is 10.2. The van der Waals surface area contributed by atoms with Gasteiger partial charge in [-0.2, -0.15) is 5.10 Å². The van der Waals surface area contributed by atoms with Gasteiger partial charge in [-0.15, -0.1) is 0 Å². The minimum atomic E-state index is -0.953. The summed E-state index contributed by atoms with van der Waals surface area (Å²) in [7, 11) is 0. The van der Waals surface area contributed by atoms with Crippen LogP contribution in [0.4, 0.5) is 5.69 Å². The number of aryl methyl sites for hydroxylation is 1. The highest BCUT2D eigenvalue weighted by atomic mass is 16.4. The first-order chi connectivity index (χ1) is 9.15. The van der Waals surface area contributed by atoms with Crippen LogP contribution in [0.2, 0.25) is 0 Å². The summed E-state index contributed by atoms with van der Waals surface area (Å²) < 4.78 is 0. The van der Waals surface area contributed by atoms with Gasteiger partial charge in [-0.3, -0.25) is 5.43 Å². The summed E-state index contributed by atoms with van der Waals surface area (Å²) in [6.07, 6.45) is 1.69. The molecule has 0 aliphatic rings. The lowest BCUT2D eigenvalue weighted by Crippen LogP contribution is -1.97. The van der Waals surface area contributed by atoms with Gasteiger partial charge in [0.1, 0.15) is 0 Å². The average molecular weight is 254 g/mol. The number of benzene rings is 2. The Morgan fingerprint density at radius 1 is 1.21 bits per heavy atom. The molecular formula is C15H14N2O2. The number of carboxylic acid groups (broad SMARTS) is 1. The quantitative estimate of drug-likeness (QED) is 0.651. The molecule has 0 amide bonds. The Bertz CT molecular complexity index is 604. The largest absolute Gasteiger partial charge is 0.478 e. The molecule has 0 fully saturated rings. The summed E-state index contributed by atoms with van der Waals surface area (Å²) in [4.78, 5) is 10.8. The molecule has 0 radical (unpaired) electrons. The van der Waals surface area contributed by atoms with Crippen molar-refractivity contribution in [1.29, 1.82) is 0 Å². The average Bonchev–Trinajstić information content (AvgIpc) is 2.41. The topological polar surface area (TPSA) is 61.7 Å². The van der Waals surface area contributed by atoms with E-state index in [-0.39, 0.29) is 5.56 Å². The molecule has 0 aliphatic carbocycles. The second-order valence-electron chi connectivity index (χ2n) is 4.17. The first-order valence-corrected chi connectivity index (χ1v) is 5.84. The van der Waals surface area contributed by atoms with Crippen molar-refractivity contribution < 1.29 is 9.90 Å². The van der Waals surface area contributed by atoms with Gasteiger partial charge in [0.25, 0.3) is 0 Å². The van der Waals surface area contributed by atoms with Crippen LogP contribution in [0.25, 0.3) is 0 Å². The van der Waals surface area contributed by atoms with E-state index >= 15 is 0 Å². The molecule has 2 rings (SSSR count).